The Bertz CT molecular complexity index is 572. The molecule has 1 heterocycles. The molecule has 19 heavy (non-hydrogen) atoms. The molecule has 0 aliphatic rings. The summed E-state index contributed by atoms with van der Waals surface area (Å²) in [6.07, 6.45) is 1.72. The summed E-state index contributed by atoms with van der Waals surface area (Å²) in [5, 5.41) is 22.3. The highest BCUT2D eigenvalue weighted by Crippen LogP contribution is 2.27. The Balaban J connectivity index is 2.03. The summed E-state index contributed by atoms with van der Waals surface area (Å²) in [7, 11) is 0. The molecule has 100 valence electrons. The van der Waals surface area contributed by atoms with Gasteiger partial charge >= 0.3 is 0 Å². The van der Waals surface area contributed by atoms with E-state index in [0.717, 1.165) is 17.1 Å². The monoisotopic (exact) mass is 259 g/mol. The van der Waals surface area contributed by atoms with Crippen LogP contribution in [0, 0.1) is 6.92 Å². The summed E-state index contributed by atoms with van der Waals surface area (Å²) in [6, 6.07) is 6.40. The Kier molecular flexibility index (Phi) is 3.97. The van der Waals surface area contributed by atoms with Gasteiger partial charge in [0.05, 0.1) is 5.69 Å². The Hall–Kier alpha value is -2.14. The van der Waals surface area contributed by atoms with Crippen molar-refractivity contribution in [1.29, 1.82) is 0 Å². The van der Waals surface area contributed by atoms with Crippen molar-refractivity contribution in [2.75, 3.05) is 0 Å². The van der Waals surface area contributed by atoms with Crippen molar-refractivity contribution in [3.63, 3.8) is 0 Å². The summed E-state index contributed by atoms with van der Waals surface area (Å²) in [5.74, 6) is 0.873. The van der Waals surface area contributed by atoms with Crippen molar-refractivity contribution in [2.45, 2.75) is 26.4 Å². The topological polar surface area (TPSA) is 78.3 Å². The zero-order chi connectivity index (χ0) is 13.8. The number of phenolic OH excluding ortho intramolecular Hbond substituents is 2. The van der Waals surface area contributed by atoms with Crippen molar-refractivity contribution >= 4 is 0 Å². The molecule has 0 aliphatic heterocycles. The Morgan fingerprint density at radius 3 is 2.74 bits per heavy atom. The second kappa shape index (κ2) is 5.67. The maximum Gasteiger partial charge on any atom is 0.125 e. The van der Waals surface area contributed by atoms with Crippen LogP contribution in [0.2, 0.25) is 0 Å². The first-order chi connectivity index (χ1) is 9.06. The van der Waals surface area contributed by atoms with Crippen LogP contribution < -0.4 is 5.32 Å². The number of aromatic nitrogens is 2. The fraction of sp³-hybridized carbons (Fsp3) is 0.286. The number of hydrogen-bond donors (Lipinski definition) is 3. The largest absolute Gasteiger partial charge is 0.508 e. The lowest BCUT2D eigenvalue weighted by atomic mass is 10.1. The average Bonchev–Trinajstić information content (AvgIpc) is 2.36. The van der Waals surface area contributed by atoms with Gasteiger partial charge in [-0.05, 0) is 26.0 Å². The maximum absolute atomic E-state index is 9.78. The minimum absolute atomic E-state index is 0.0455. The van der Waals surface area contributed by atoms with E-state index in [1.165, 1.54) is 6.07 Å². The predicted octanol–water partition coefficient (Wildman–Crippen LogP) is 2.05. The third-order valence-electron chi connectivity index (χ3n) is 2.90. The van der Waals surface area contributed by atoms with Crippen LogP contribution in [0.4, 0.5) is 0 Å². The molecule has 1 aromatic carbocycles. The SMILES string of the molecule is Cc1nccc(CNC(C)c2ccc(O)cc2O)n1. The van der Waals surface area contributed by atoms with Crippen molar-refractivity contribution in [3.8, 4) is 11.5 Å². The molecule has 0 radical (unpaired) electrons. The van der Waals surface area contributed by atoms with Crippen LogP contribution in [0.15, 0.2) is 30.5 Å². The molecule has 0 saturated heterocycles. The number of rotatable bonds is 4. The summed E-state index contributed by atoms with van der Waals surface area (Å²) >= 11 is 0. The lowest BCUT2D eigenvalue weighted by Crippen LogP contribution is -2.19. The van der Waals surface area contributed by atoms with Gasteiger partial charge in [-0.3, -0.25) is 0 Å². The third kappa shape index (κ3) is 3.42. The average molecular weight is 259 g/mol. The summed E-state index contributed by atoms with van der Waals surface area (Å²) in [6.45, 7) is 4.38. The summed E-state index contributed by atoms with van der Waals surface area (Å²) in [5.41, 5.74) is 1.64. The molecule has 5 nitrogen and oxygen atoms in total. The first-order valence-corrected chi connectivity index (χ1v) is 6.10. The zero-order valence-electron chi connectivity index (χ0n) is 11.0. The van der Waals surface area contributed by atoms with E-state index in [0.29, 0.717) is 6.54 Å². The first-order valence-electron chi connectivity index (χ1n) is 6.10. The quantitative estimate of drug-likeness (QED) is 0.783. The van der Waals surface area contributed by atoms with Crippen LogP contribution in [0.25, 0.3) is 0 Å². The molecular weight excluding hydrogens is 242 g/mol. The molecule has 0 saturated carbocycles. The molecule has 0 amide bonds. The Morgan fingerprint density at radius 1 is 1.26 bits per heavy atom. The first kappa shape index (κ1) is 13.3. The minimum Gasteiger partial charge on any atom is -0.508 e. The van der Waals surface area contributed by atoms with E-state index in [-0.39, 0.29) is 17.5 Å². The molecule has 1 atom stereocenters. The van der Waals surface area contributed by atoms with E-state index in [2.05, 4.69) is 15.3 Å². The van der Waals surface area contributed by atoms with Gasteiger partial charge in [-0.2, -0.15) is 0 Å². The second-order valence-corrected chi connectivity index (χ2v) is 4.44. The highest BCUT2D eigenvalue weighted by Gasteiger charge is 2.10. The molecule has 2 aromatic rings. The van der Waals surface area contributed by atoms with Gasteiger partial charge in [-0.1, -0.05) is 6.07 Å². The molecule has 0 aliphatic carbocycles. The molecule has 5 heteroatoms. The van der Waals surface area contributed by atoms with Crippen LogP contribution in [0.1, 0.15) is 30.0 Å². The number of benzene rings is 1. The normalized spacial score (nSPS) is 12.3. The van der Waals surface area contributed by atoms with Crippen molar-refractivity contribution < 1.29 is 10.2 Å². The lowest BCUT2D eigenvalue weighted by Gasteiger charge is -2.15. The van der Waals surface area contributed by atoms with Crippen LogP contribution in [0.5, 0.6) is 11.5 Å². The van der Waals surface area contributed by atoms with Gasteiger partial charge in [-0.15, -0.1) is 0 Å². The highest BCUT2D eigenvalue weighted by atomic mass is 16.3. The van der Waals surface area contributed by atoms with Gasteiger partial charge in [0.15, 0.2) is 0 Å². The van der Waals surface area contributed by atoms with E-state index in [1.54, 1.807) is 18.3 Å². The number of nitrogens with zero attached hydrogens (tertiary/aromatic N) is 2. The molecule has 0 spiro atoms. The van der Waals surface area contributed by atoms with Crippen molar-refractivity contribution in [2.24, 2.45) is 0 Å². The van der Waals surface area contributed by atoms with E-state index in [4.69, 9.17) is 0 Å². The van der Waals surface area contributed by atoms with Gasteiger partial charge in [0.25, 0.3) is 0 Å². The number of hydrogen-bond acceptors (Lipinski definition) is 5. The predicted molar refractivity (Wildman–Crippen MR) is 71.8 cm³/mol. The minimum atomic E-state index is -0.0455. The van der Waals surface area contributed by atoms with Crippen molar-refractivity contribution in [1.82, 2.24) is 15.3 Å². The van der Waals surface area contributed by atoms with Gasteiger partial charge in [-0.25, -0.2) is 9.97 Å². The van der Waals surface area contributed by atoms with Gasteiger partial charge in [0.1, 0.15) is 17.3 Å². The van der Waals surface area contributed by atoms with E-state index in [1.807, 2.05) is 19.9 Å². The fourth-order valence-electron chi connectivity index (χ4n) is 1.87. The van der Waals surface area contributed by atoms with Gasteiger partial charge in [0.2, 0.25) is 0 Å². The molecule has 0 bridgehead atoms. The summed E-state index contributed by atoms with van der Waals surface area (Å²) in [4.78, 5) is 8.34. The third-order valence-corrected chi connectivity index (χ3v) is 2.90. The summed E-state index contributed by atoms with van der Waals surface area (Å²) < 4.78 is 0. The second-order valence-electron chi connectivity index (χ2n) is 4.44. The van der Waals surface area contributed by atoms with Crippen LogP contribution in [0.3, 0.4) is 0 Å². The van der Waals surface area contributed by atoms with E-state index >= 15 is 0 Å². The maximum atomic E-state index is 9.78. The molecule has 3 N–H and O–H groups in total. The number of nitrogens with one attached hydrogen (secondary N) is 1. The fourth-order valence-corrected chi connectivity index (χ4v) is 1.87. The standard InChI is InChI=1S/C14H17N3O2/c1-9(13-4-3-12(18)7-14(13)19)16-8-11-5-6-15-10(2)17-11/h3-7,9,16,18-19H,8H2,1-2H3. The molecule has 2 rings (SSSR count). The smallest absolute Gasteiger partial charge is 0.125 e. The Morgan fingerprint density at radius 2 is 2.05 bits per heavy atom. The Labute approximate surface area is 112 Å². The highest BCUT2D eigenvalue weighted by molar-refractivity contribution is 5.40. The van der Waals surface area contributed by atoms with Crippen LogP contribution >= 0.6 is 0 Å². The molecule has 1 aromatic heterocycles. The van der Waals surface area contributed by atoms with Gasteiger partial charge in [0, 0.05) is 30.4 Å². The number of phenols is 2. The van der Waals surface area contributed by atoms with E-state index in [9.17, 15) is 10.2 Å². The molecular formula is C14H17N3O2. The molecule has 1 unspecified atom stereocenters. The number of aryl methyl sites for hydroxylation is 1. The van der Waals surface area contributed by atoms with Crippen LogP contribution in [-0.2, 0) is 6.54 Å². The van der Waals surface area contributed by atoms with E-state index < -0.39 is 0 Å². The zero-order valence-corrected chi connectivity index (χ0v) is 11.0. The molecule has 0 fully saturated rings. The van der Waals surface area contributed by atoms with Crippen molar-refractivity contribution in [3.05, 3.63) is 47.5 Å². The van der Waals surface area contributed by atoms with Crippen LogP contribution in [-0.4, -0.2) is 20.2 Å². The van der Waals surface area contributed by atoms with Gasteiger partial charge < -0.3 is 15.5 Å². The lowest BCUT2D eigenvalue weighted by molar-refractivity contribution is 0.435. The number of aromatic hydroxyl groups is 2.